The monoisotopic (exact) mass is 296 g/mol. The van der Waals surface area contributed by atoms with Gasteiger partial charge in [-0.25, -0.2) is 0 Å². The summed E-state index contributed by atoms with van der Waals surface area (Å²) in [6.07, 6.45) is 0. The number of carbonyl (C=O) groups excluding carboxylic acids is 1. The van der Waals surface area contributed by atoms with Gasteiger partial charge < -0.3 is 10.2 Å². The van der Waals surface area contributed by atoms with Crippen LogP contribution in [-0.4, -0.2) is 19.0 Å². The van der Waals surface area contributed by atoms with Crippen LogP contribution in [-0.2, 0) is 11.3 Å². The van der Waals surface area contributed by atoms with Crippen LogP contribution in [0.4, 0.5) is 5.69 Å². The normalized spacial score (nSPS) is 10.5. The van der Waals surface area contributed by atoms with E-state index in [0.717, 1.165) is 12.2 Å². The fraction of sp³-hybridized carbons (Fsp3) is 0.316. The van der Waals surface area contributed by atoms with Crippen LogP contribution in [0.2, 0.25) is 0 Å². The fourth-order valence-electron chi connectivity index (χ4n) is 2.23. The molecule has 0 fully saturated rings. The van der Waals surface area contributed by atoms with Gasteiger partial charge in [-0.05, 0) is 23.6 Å². The van der Waals surface area contributed by atoms with E-state index in [2.05, 4.69) is 36.2 Å². The summed E-state index contributed by atoms with van der Waals surface area (Å²) < 4.78 is 0. The number of hydrogen-bond acceptors (Lipinski definition) is 2. The lowest BCUT2D eigenvalue weighted by atomic mass is 10.2. The molecule has 2 aromatic carbocycles. The van der Waals surface area contributed by atoms with Gasteiger partial charge in [-0.15, -0.1) is 0 Å². The molecule has 3 nitrogen and oxygen atoms in total. The molecule has 0 aliphatic carbocycles. The Morgan fingerprint density at radius 2 is 1.59 bits per heavy atom. The van der Waals surface area contributed by atoms with Gasteiger partial charge in [0, 0.05) is 18.8 Å². The molecule has 0 unspecified atom stereocenters. The van der Waals surface area contributed by atoms with Gasteiger partial charge in [-0.2, -0.15) is 0 Å². The lowest BCUT2D eigenvalue weighted by molar-refractivity contribution is -0.119. The van der Waals surface area contributed by atoms with E-state index in [1.807, 2.05) is 48.5 Å². The molecule has 0 atom stereocenters. The van der Waals surface area contributed by atoms with Crippen molar-refractivity contribution >= 4 is 11.6 Å². The van der Waals surface area contributed by atoms with Crippen molar-refractivity contribution in [3.63, 3.8) is 0 Å². The zero-order chi connectivity index (χ0) is 15.8. The molecule has 2 aromatic rings. The first-order valence-corrected chi connectivity index (χ1v) is 7.76. The lowest BCUT2D eigenvalue weighted by Crippen LogP contribution is -2.38. The summed E-state index contributed by atoms with van der Waals surface area (Å²) in [6, 6.07) is 20.3. The van der Waals surface area contributed by atoms with E-state index < -0.39 is 0 Å². The Labute approximate surface area is 133 Å². The third kappa shape index (κ3) is 5.24. The highest BCUT2D eigenvalue weighted by molar-refractivity contribution is 5.81. The highest BCUT2D eigenvalue weighted by atomic mass is 16.2. The molecule has 0 aliphatic rings. The first-order chi connectivity index (χ1) is 10.6. The molecule has 0 saturated carbocycles. The topological polar surface area (TPSA) is 32.3 Å². The van der Waals surface area contributed by atoms with Gasteiger partial charge in [0.1, 0.15) is 0 Å². The number of carbonyl (C=O) groups is 1. The lowest BCUT2D eigenvalue weighted by Gasteiger charge is -2.24. The highest BCUT2D eigenvalue weighted by Gasteiger charge is 2.12. The summed E-state index contributed by atoms with van der Waals surface area (Å²) in [5.74, 6) is 0.525. The summed E-state index contributed by atoms with van der Waals surface area (Å²) in [6.45, 7) is 6.00. The van der Waals surface area contributed by atoms with Gasteiger partial charge in [-0.3, -0.25) is 4.79 Å². The van der Waals surface area contributed by atoms with Crippen molar-refractivity contribution in [1.82, 2.24) is 5.32 Å². The van der Waals surface area contributed by atoms with E-state index in [4.69, 9.17) is 0 Å². The average Bonchev–Trinajstić information content (AvgIpc) is 2.54. The number of rotatable bonds is 7. The van der Waals surface area contributed by atoms with E-state index in [-0.39, 0.29) is 5.91 Å². The first-order valence-electron chi connectivity index (χ1n) is 7.76. The van der Waals surface area contributed by atoms with Crippen molar-refractivity contribution in [1.29, 1.82) is 0 Å². The Hall–Kier alpha value is -2.29. The number of hydrogen-bond donors (Lipinski definition) is 1. The molecule has 3 heteroatoms. The van der Waals surface area contributed by atoms with Crippen LogP contribution >= 0.6 is 0 Å². The number of benzene rings is 2. The van der Waals surface area contributed by atoms with Crippen LogP contribution < -0.4 is 10.2 Å². The van der Waals surface area contributed by atoms with Gasteiger partial charge in [-0.1, -0.05) is 62.4 Å². The van der Waals surface area contributed by atoms with E-state index >= 15 is 0 Å². The zero-order valence-electron chi connectivity index (χ0n) is 13.3. The molecule has 0 aromatic heterocycles. The number of para-hydroxylation sites is 1. The third-order valence-corrected chi connectivity index (χ3v) is 3.38. The molecular weight excluding hydrogens is 272 g/mol. The standard InChI is InChI=1S/C19H24N2O/c1-16(2)13-20-19(22)15-21(18-11-7-4-8-12-18)14-17-9-5-3-6-10-17/h3-12,16H,13-15H2,1-2H3,(H,20,22). The maximum Gasteiger partial charge on any atom is 0.239 e. The summed E-state index contributed by atoms with van der Waals surface area (Å²) >= 11 is 0. The second-order valence-electron chi connectivity index (χ2n) is 5.88. The summed E-state index contributed by atoms with van der Waals surface area (Å²) in [4.78, 5) is 14.3. The van der Waals surface area contributed by atoms with Crippen molar-refractivity contribution in [2.24, 2.45) is 5.92 Å². The molecule has 2 rings (SSSR count). The molecule has 1 amide bonds. The molecule has 0 spiro atoms. The average molecular weight is 296 g/mol. The minimum Gasteiger partial charge on any atom is -0.358 e. The Balaban J connectivity index is 2.07. The largest absolute Gasteiger partial charge is 0.358 e. The Bertz CT molecular complexity index is 567. The molecule has 1 N–H and O–H groups in total. The number of anilines is 1. The molecule has 116 valence electrons. The Morgan fingerprint density at radius 3 is 2.18 bits per heavy atom. The second kappa shape index (κ2) is 8.23. The fourth-order valence-corrected chi connectivity index (χ4v) is 2.23. The minimum atomic E-state index is 0.0634. The van der Waals surface area contributed by atoms with Crippen molar-refractivity contribution in [2.45, 2.75) is 20.4 Å². The van der Waals surface area contributed by atoms with Gasteiger partial charge in [0.2, 0.25) is 5.91 Å². The number of amides is 1. The van der Waals surface area contributed by atoms with Gasteiger partial charge in [0.15, 0.2) is 0 Å². The van der Waals surface area contributed by atoms with Crippen LogP contribution in [0.3, 0.4) is 0 Å². The highest BCUT2D eigenvalue weighted by Crippen LogP contribution is 2.16. The molecule has 0 bridgehead atoms. The molecule has 0 aliphatic heterocycles. The molecule has 0 saturated heterocycles. The van der Waals surface area contributed by atoms with Crippen LogP contribution in [0, 0.1) is 5.92 Å². The molecular formula is C19H24N2O. The maximum absolute atomic E-state index is 12.2. The SMILES string of the molecule is CC(C)CNC(=O)CN(Cc1ccccc1)c1ccccc1. The molecule has 0 heterocycles. The zero-order valence-corrected chi connectivity index (χ0v) is 13.3. The van der Waals surface area contributed by atoms with E-state index in [0.29, 0.717) is 19.0 Å². The quantitative estimate of drug-likeness (QED) is 0.848. The molecule has 22 heavy (non-hydrogen) atoms. The Kier molecular flexibility index (Phi) is 6.01. The summed E-state index contributed by atoms with van der Waals surface area (Å²) in [5, 5.41) is 2.99. The van der Waals surface area contributed by atoms with Crippen LogP contribution in [0.15, 0.2) is 60.7 Å². The predicted octanol–water partition coefficient (Wildman–Crippen LogP) is 3.47. The van der Waals surface area contributed by atoms with Crippen LogP contribution in [0.1, 0.15) is 19.4 Å². The summed E-state index contributed by atoms with van der Waals surface area (Å²) in [7, 11) is 0. The van der Waals surface area contributed by atoms with Crippen molar-refractivity contribution in [3.05, 3.63) is 66.2 Å². The van der Waals surface area contributed by atoms with E-state index in [9.17, 15) is 4.79 Å². The number of nitrogens with one attached hydrogen (secondary N) is 1. The van der Waals surface area contributed by atoms with Crippen molar-refractivity contribution in [2.75, 3.05) is 18.0 Å². The van der Waals surface area contributed by atoms with Gasteiger partial charge in [0.25, 0.3) is 0 Å². The van der Waals surface area contributed by atoms with Crippen LogP contribution in [0.25, 0.3) is 0 Å². The third-order valence-electron chi connectivity index (χ3n) is 3.38. The van der Waals surface area contributed by atoms with Crippen molar-refractivity contribution in [3.8, 4) is 0 Å². The maximum atomic E-state index is 12.2. The minimum absolute atomic E-state index is 0.0634. The van der Waals surface area contributed by atoms with E-state index in [1.54, 1.807) is 0 Å². The summed E-state index contributed by atoms with van der Waals surface area (Å²) in [5.41, 5.74) is 2.26. The van der Waals surface area contributed by atoms with E-state index in [1.165, 1.54) is 5.56 Å². The number of nitrogens with zero attached hydrogens (tertiary/aromatic N) is 1. The predicted molar refractivity (Wildman–Crippen MR) is 91.8 cm³/mol. The second-order valence-corrected chi connectivity index (χ2v) is 5.88. The van der Waals surface area contributed by atoms with Gasteiger partial charge >= 0.3 is 0 Å². The van der Waals surface area contributed by atoms with Gasteiger partial charge in [0.05, 0.1) is 6.54 Å². The van der Waals surface area contributed by atoms with Crippen molar-refractivity contribution < 1.29 is 4.79 Å². The van der Waals surface area contributed by atoms with Crippen LogP contribution in [0.5, 0.6) is 0 Å². The molecule has 0 radical (unpaired) electrons. The Morgan fingerprint density at radius 1 is 1.00 bits per heavy atom. The first kappa shape index (κ1) is 16.1. The smallest absolute Gasteiger partial charge is 0.239 e.